The minimum Gasteiger partial charge on any atom is -0.396 e. The molecule has 0 radical (unpaired) electrons. The zero-order valence-electron chi connectivity index (χ0n) is 10.8. The third kappa shape index (κ3) is 4.07. The fourth-order valence-electron chi connectivity index (χ4n) is 1.74. The van der Waals surface area contributed by atoms with Gasteiger partial charge in [-0.3, -0.25) is 4.79 Å². The van der Waals surface area contributed by atoms with Gasteiger partial charge in [0.15, 0.2) is 5.82 Å². The first-order chi connectivity index (χ1) is 9.22. The Balaban J connectivity index is 1.87. The number of hydrogen-bond acceptors (Lipinski definition) is 6. The van der Waals surface area contributed by atoms with Gasteiger partial charge in [-0.2, -0.15) is 4.37 Å². The molecule has 1 saturated carbocycles. The third-order valence-corrected chi connectivity index (χ3v) is 3.80. The number of aliphatic hydroxyl groups is 1. The lowest BCUT2D eigenvalue weighted by Crippen LogP contribution is -2.26. The maximum atomic E-state index is 12.0. The van der Waals surface area contributed by atoms with Crippen molar-refractivity contribution in [2.75, 3.05) is 24.2 Å². The Morgan fingerprint density at radius 3 is 2.89 bits per heavy atom. The van der Waals surface area contributed by atoms with Gasteiger partial charge < -0.3 is 21.5 Å². The summed E-state index contributed by atoms with van der Waals surface area (Å²) in [6, 6.07) is 0.309. The molecule has 1 aliphatic rings. The summed E-state index contributed by atoms with van der Waals surface area (Å²) in [5.74, 6) is 0.160. The average molecular weight is 284 g/mol. The van der Waals surface area contributed by atoms with Crippen LogP contribution in [-0.2, 0) is 0 Å². The Morgan fingerprint density at radius 2 is 2.21 bits per heavy atom. The monoisotopic (exact) mass is 284 g/mol. The molecule has 0 aliphatic heterocycles. The van der Waals surface area contributed by atoms with E-state index in [9.17, 15) is 4.79 Å². The van der Waals surface area contributed by atoms with Gasteiger partial charge in [0, 0.05) is 19.2 Å². The van der Waals surface area contributed by atoms with Crippen molar-refractivity contribution >= 4 is 28.3 Å². The number of nitrogen functional groups attached to an aromatic ring is 1. The predicted octanol–water partition coefficient (Wildman–Crippen LogP) is 1.19. The normalized spacial score (nSPS) is 14.4. The molecule has 1 fully saturated rings. The molecule has 0 saturated heterocycles. The minimum absolute atomic E-state index is 0.133. The van der Waals surface area contributed by atoms with Gasteiger partial charge in [-0.05, 0) is 43.6 Å². The molecule has 19 heavy (non-hydrogen) atoms. The van der Waals surface area contributed by atoms with Gasteiger partial charge in [0.2, 0.25) is 0 Å². The van der Waals surface area contributed by atoms with E-state index in [1.54, 1.807) is 0 Å². The molecule has 7 heteroatoms. The van der Waals surface area contributed by atoms with Crippen LogP contribution in [0.15, 0.2) is 0 Å². The Bertz CT molecular complexity index is 431. The number of carbonyl (C=O) groups is 1. The first kappa shape index (κ1) is 14.1. The number of aliphatic hydroxyl groups excluding tert-OH is 1. The lowest BCUT2D eigenvalue weighted by molar-refractivity contribution is 0.0953. The molecule has 6 nitrogen and oxygen atoms in total. The topological polar surface area (TPSA) is 100 Å². The van der Waals surface area contributed by atoms with E-state index in [2.05, 4.69) is 15.0 Å². The van der Waals surface area contributed by atoms with Crippen LogP contribution in [0.3, 0.4) is 0 Å². The van der Waals surface area contributed by atoms with Crippen LogP contribution in [0, 0.1) is 0 Å². The fraction of sp³-hybridized carbons (Fsp3) is 0.667. The molecule has 0 spiro atoms. The molecule has 0 bridgehead atoms. The number of nitrogens with zero attached hydrogens (tertiary/aromatic N) is 1. The summed E-state index contributed by atoms with van der Waals surface area (Å²) in [7, 11) is 0. The number of carbonyl (C=O) groups excluding carboxylic acids is 1. The minimum atomic E-state index is -0.133. The second-order valence-corrected chi connectivity index (χ2v) is 5.50. The Labute approximate surface area is 116 Å². The van der Waals surface area contributed by atoms with Gasteiger partial charge in [-0.1, -0.05) is 0 Å². The van der Waals surface area contributed by atoms with Crippen molar-refractivity contribution < 1.29 is 9.90 Å². The highest BCUT2D eigenvalue weighted by Gasteiger charge is 2.27. The molecule has 0 aromatic carbocycles. The first-order valence-corrected chi connectivity index (χ1v) is 7.40. The van der Waals surface area contributed by atoms with Crippen LogP contribution >= 0.6 is 11.5 Å². The second kappa shape index (κ2) is 6.72. The Kier molecular flexibility index (Phi) is 4.98. The molecular formula is C12H20N4O2S. The maximum Gasteiger partial charge on any atom is 0.258 e. The van der Waals surface area contributed by atoms with Crippen molar-refractivity contribution in [2.24, 2.45) is 0 Å². The van der Waals surface area contributed by atoms with Crippen LogP contribution in [-0.4, -0.2) is 34.6 Å². The standard InChI is InChI=1S/C12H20N4O2S/c13-10-9(11(18)15-8-4-5-8)12(19-16-10)14-6-2-1-3-7-17/h8,14,17H,1-7H2,(H2,13,16)(H,15,18). The highest BCUT2D eigenvalue weighted by atomic mass is 32.1. The van der Waals surface area contributed by atoms with E-state index < -0.39 is 0 Å². The Morgan fingerprint density at radius 1 is 1.42 bits per heavy atom. The second-order valence-electron chi connectivity index (χ2n) is 4.73. The fourth-order valence-corrected chi connectivity index (χ4v) is 2.48. The molecule has 2 rings (SSSR count). The largest absolute Gasteiger partial charge is 0.396 e. The third-order valence-electron chi connectivity index (χ3n) is 2.98. The zero-order chi connectivity index (χ0) is 13.7. The van der Waals surface area contributed by atoms with Crippen molar-refractivity contribution in [3.63, 3.8) is 0 Å². The molecule has 1 aromatic heterocycles. The highest BCUT2D eigenvalue weighted by molar-refractivity contribution is 7.11. The molecule has 106 valence electrons. The molecule has 1 amide bonds. The van der Waals surface area contributed by atoms with Crippen LogP contribution in [0.2, 0.25) is 0 Å². The van der Waals surface area contributed by atoms with Gasteiger partial charge in [-0.25, -0.2) is 0 Å². The van der Waals surface area contributed by atoms with Crippen LogP contribution in [0.5, 0.6) is 0 Å². The average Bonchev–Trinajstić information content (AvgIpc) is 3.11. The van der Waals surface area contributed by atoms with E-state index in [1.807, 2.05) is 0 Å². The maximum absolute atomic E-state index is 12.0. The van der Waals surface area contributed by atoms with Gasteiger partial charge >= 0.3 is 0 Å². The van der Waals surface area contributed by atoms with Crippen molar-refractivity contribution in [3.8, 4) is 0 Å². The van der Waals surface area contributed by atoms with Crippen LogP contribution in [0.25, 0.3) is 0 Å². The lowest BCUT2D eigenvalue weighted by atomic mass is 10.2. The first-order valence-electron chi connectivity index (χ1n) is 6.63. The lowest BCUT2D eigenvalue weighted by Gasteiger charge is -2.07. The zero-order valence-corrected chi connectivity index (χ0v) is 11.6. The summed E-state index contributed by atoms with van der Waals surface area (Å²) in [6.45, 7) is 0.980. The molecule has 1 aliphatic carbocycles. The number of rotatable bonds is 8. The van der Waals surface area contributed by atoms with Crippen LogP contribution < -0.4 is 16.4 Å². The van der Waals surface area contributed by atoms with Crippen molar-refractivity contribution in [3.05, 3.63) is 5.56 Å². The Hall–Kier alpha value is -1.34. The number of nitrogens with one attached hydrogen (secondary N) is 2. The summed E-state index contributed by atoms with van der Waals surface area (Å²) in [4.78, 5) is 12.0. The van der Waals surface area contributed by atoms with E-state index >= 15 is 0 Å². The highest BCUT2D eigenvalue weighted by Crippen LogP contribution is 2.28. The number of anilines is 2. The van der Waals surface area contributed by atoms with E-state index in [0.29, 0.717) is 17.4 Å². The van der Waals surface area contributed by atoms with Crippen molar-refractivity contribution in [2.45, 2.75) is 38.1 Å². The van der Waals surface area contributed by atoms with Crippen LogP contribution in [0.4, 0.5) is 10.8 Å². The summed E-state index contributed by atoms with van der Waals surface area (Å²) in [6.07, 6.45) is 4.81. The van der Waals surface area contributed by atoms with E-state index in [0.717, 1.165) is 43.6 Å². The molecule has 1 aromatic rings. The molecule has 0 atom stereocenters. The summed E-state index contributed by atoms with van der Waals surface area (Å²) < 4.78 is 4.04. The smallest absolute Gasteiger partial charge is 0.258 e. The SMILES string of the molecule is Nc1nsc(NCCCCCO)c1C(=O)NC1CC1. The van der Waals surface area contributed by atoms with Crippen molar-refractivity contribution in [1.82, 2.24) is 9.69 Å². The molecule has 0 unspecified atom stereocenters. The summed E-state index contributed by atoms with van der Waals surface area (Å²) >= 11 is 1.22. The number of hydrogen-bond donors (Lipinski definition) is 4. The quantitative estimate of drug-likeness (QED) is 0.537. The van der Waals surface area contributed by atoms with E-state index in [-0.39, 0.29) is 12.5 Å². The van der Waals surface area contributed by atoms with E-state index in [1.165, 1.54) is 11.5 Å². The van der Waals surface area contributed by atoms with Gasteiger partial charge in [-0.15, -0.1) is 0 Å². The number of amides is 1. The molecule has 1 heterocycles. The van der Waals surface area contributed by atoms with Gasteiger partial charge in [0.05, 0.1) is 0 Å². The summed E-state index contributed by atoms with van der Waals surface area (Å²) in [5, 5.41) is 15.6. The van der Waals surface area contributed by atoms with Gasteiger partial charge in [0.25, 0.3) is 5.91 Å². The number of nitrogens with two attached hydrogens (primary N) is 1. The van der Waals surface area contributed by atoms with Crippen LogP contribution in [0.1, 0.15) is 42.5 Å². The van der Waals surface area contributed by atoms with Crippen molar-refractivity contribution in [1.29, 1.82) is 0 Å². The van der Waals surface area contributed by atoms with Gasteiger partial charge in [0.1, 0.15) is 10.6 Å². The molecular weight excluding hydrogens is 264 g/mol. The summed E-state index contributed by atoms with van der Waals surface area (Å²) in [5.41, 5.74) is 6.23. The van der Waals surface area contributed by atoms with E-state index in [4.69, 9.17) is 10.8 Å². The number of aromatic nitrogens is 1. The molecule has 5 N–H and O–H groups in total. The number of unbranched alkanes of at least 4 members (excludes halogenated alkanes) is 2. The predicted molar refractivity (Wildman–Crippen MR) is 76.4 cm³/mol.